The van der Waals surface area contributed by atoms with Gasteiger partial charge >= 0.3 is 5.97 Å². The Hall–Kier alpha value is -1.85. The summed E-state index contributed by atoms with van der Waals surface area (Å²) in [7, 11) is 1.38. The fourth-order valence-electron chi connectivity index (χ4n) is 1.70. The summed E-state index contributed by atoms with van der Waals surface area (Å²) in [6, 6.07) is -0.435. The monoisotopic (exact) mass is 281 g/mol. The smallest absolute Gasteiger partial charge is 0.328 e. The number of ether oxygens (including phenoxy) is 2. The Kier molecular flexibility index (Phi) is 6.76. The van der Waals surface area contributed by atoms with Crippen LogP contribution in [0.15, 0.2) is 12.4 Å². The molecule has 1 aromatic rings. The van der Waals surface area contributed by atoms with Gasteiger partial charge in [0.15, 0.2) is 0 Å². The van der Waals surface area contributed by atoms with E-state index in [9.17, 15) is 4.79 Å². The van der Waals surface area contributed by atoms with Crippen molar-refractivity contribution in [2.45, 2.75) is 39.7 Å². The van der Waals surface area contributed by atoms with Crippen molar-refractivity contribution < 1.29 is 14.3 Å². The van der Waals surface area contributed by atoms with E-state index in [2.05, 4.69) is 15.3 Å². The van der Waals surface area contributed by atoms with Crippen molar-refractivity contribution in [2.75, 3.05) is 19.0 Å². The Bertz CT molecular complexity index is 424. The average Bonchev–Trinajstić information content (AvgIpc) is 2.43. The predicted octanol–water partition coefficient (Wildman–Crippen LogP) is 2.26. The lowest BCUT2D eigenvalue weighted by atomic mass is 10.0. The van der Waals surface area contributed by atoms with Gasteiger partial charge in [0.2, 0.25) is 5.88 Å². The third-order valence-electron chi connectivity index (χ3n) is 2.58. The Morgan fingerprint density at radius 1 is 1.40 bits per heavy atom. The lowest BCUT2D eigenvalue weighted by Crippen LogP contribution is -2.32. The molecule has 0 radical (unpaired) electrons. The first-order valence-corrected chi connectivity index (χ1v) is 6.86. The summed E-state index contributed by atoms with van der Waals surface area (Å²) in [4.78, 5) is 20.1. The minimum atomic E-state index is -0.435. The van der Waals surface area contributed by atoms with Gasteiger partial charge in [-0.1, -0.05) is 20.8 Å². The van der Waals surface area contributed by atoms with E-state index in [-0.39, 0.29) is 5.97 Å². The van der Waals surface area contributed by atoms with E-state index >= 15 is 0 Å². The third kappa shape index (κ3) is 5.42. The van der Waals surface area contributed by atoms with E-state index < -0.39 is 6.04 Å². The molecule has 1 rings (SSSR count). The second-order valence-electron chi connectivity index (χ2n) is 4.94. The Morgan fingerprint density at radius 2 is 2.15 bits per heavy atom. The zero-order valence-electron chi connectivity index (χ0n) is 12.5. The molecule has 1 N–H and O–H groups in total. The number of carbonyl (C=O) groups excluding carboxylic acids is 1. The minimum absolute atomic E-state index is 0.305. The summed E-state index contributed by atoms with van der Waals surface area (Å²) in [5.74, 6) is 1.01. The van der Waals surface area contributed by atoms with Crippen molar-refractivity contribution in [3.05, 3.63) is 12.4 Å². The summed E-state index contributed by atoms with van der Waals surface area (Å²) < 4.78 is 10.2. The number of anilines is 1. The van der Waals surface area contributed by atoms with Crippen LogP contribution in [0.3, 0.4) is 0 Å². The molecule has 0 aliphatic carbocycles. The highest BCUT2D eigenvalue weighted by Crippen LogP contribution is 2.14. The quantitative estimate of drug-likeness (QED) is 0.737. The van der Waals surface area contributed by atoms with Gasteiger partial charge in [-0.15, -0.1) is 0 Å². The molecular formula is C14H23N3O3. The van der Waals surface area contributed by atoms with Gasteiger partial charge in [0.25, 0.3) is 0 Å². The lowest BCUT2D eigenvalue weighted by molar-refractivity contribution is -0.141. The van der Waals surface area contributed by atoms with Crippen molar-refractivity contribution >= 4 is 11.8 Å². The first-order valence-electron chi connectivity index (χ1n) is 6.86. The second-order valence-corrected chi connectivity index (χ2v) is 4.94. The molecule has 1 atom stereocenters. The topological polar surface area (TPSA) is 73.3 Å². The lowest BCUT2D eigenvalue weighted by Gasteiger charge is -2.18. The molecule has 0 spiro atoms. The molecule has 0 aliphatic rings. The molecule has 6 heteroatoms. The largest absolute Gasteiger partial charge is 0.477 e. The number of aromatic nitrogens is 2. The van der Waals surface area contributed by atoms with Gasteiger partial charge in [0.05, 0.1) is 26.1 Å². The maximum atomic E-state index is 11.7. The van der Waals surface area contributed by atoms with Crippen LogP contribution in [0.4, 0.5) is 5.82 Å². The molecule has 0 amide bonds. The van der Waals surface area contributed by atoms with Crippen LogP contribution in [0.5, 0.6) is 5.88 Å². The van der Waals surface area contributed by atoms with Gasteiger partial charge in [-0.3, -0.25) is 4.98 Å². The van der Waals surface area contributed by atoms with Crippen LogP contribution in [-0.2, 0) is 9.53 Å². The van der Waals surface area contributed by atoms with Gasteiger partial charge in [-0.05, 0) is 18.8 Å². The van der Waals surface area contributed by atoms with Crippen molar-refractivity contribution in [3.8, 4) is 5.88 Å². The molecule has 0 bridgehead atoms. The van der Waals surface area contributed by atoms with Crippen molar-refractivity contribution in [1.29, 1.82) is 0 Å². The van der Waals surface area contributed by atoms with Crippen molar-refractivity contribution in [2.24, 2.45) is 5.92 Å². The van der Waals surface area contributed by atoms with Crippen molar-refractivity contribution in [3.63, 3.8) is 0 Å². The van der Waals surface area contributed by atoms with Gasteiger partial charge in [-0.25, -0.2) is 4.79 Å². The third-order valence-corrected chi connectivity index (χ3v) is 2.58. The number of esters is 1. The normalized spacial score (nSPS) is 12.1. The highest BCUT2D eigenvalue weighted by molar-refractivity contribution is 5.78. The van der Waals surface area contributed by atoms with Gasteiger partial charge in [0, 0.05) is 0 Å². The molecule has 0 aliphatic heterocycles. The van der Waals surface area contributed by atoms with Crippen LogP contribution < -0.4 is 10.1 Å². The second kappa shape index (κ2) is 8.35. The number of nitrogens with one attached hydrogen (secondary N) is 1. The fourth-order valence-corrected chi connectivity index (χ4v) is 1.70. The summed E-state index contributed by atoms with van der Waals surface area (Å²) in [6.45, 7) is 6.70. The molecule has 0 saturated heterocycles. The van der Waals surface area contributed by atoms with E-state index in [4.69, 9.17) is 9.47 Å². The Balaban J connectivity index is 2.74. The van der Waals surface area contributed by atoms with E-state index in [0.29, 0.717) is 30.6 Å². The number of rotatable bonds is 8. The number of hydrogen-bond acceptors (Lipinski definition) is 6. The molecule has 0 aromatic carbocycles. The number of carbonyl (C=O) groups is 1. The van der Waals surface area contributed by atoms with E-state index in [1.54, 1.807) is 12.4 Å². The molecule has 0 fully saturated rings. The number of methoxy groups -OCH3 is 1. The van der Waals surface area contributed by atoms with Crippen LogP contribution in [0.25, 0.3) is 0 Å². The highest BCUT2D eigenvalue weighted by atomic mass is 16.5. The van der Waals surface area contributed by atoms with Crippen LogP contribution in [0.1, 0.15) is 33.6 Å². The van der Waals surface area contributed by atoms with Crippen LogP contribution in [-0.4, -0.2) is 35.7 Å². The Labute approximate surface area is 119 Å². The molecule has 6 nitrogen and oxygen atoms in total. The molecule has 112 valence electrons. The van der Waals surface area contributed by atoms with Crippen LogP contribution in [0.2, 0.25) is 0 Å². The molecule has 20 heavy (non-hydrogen) atoms. The first kappa shape index (κ1) is 16.2. The van der Waals surface area contributed by atoms with E-state index in [1.807, 2.05) is 20.8 Å². The molecule has 1 unspecified atom stereocenters. The minimum Gasteiger partial charge on any atom is -0.477 e. The average molecular weight is 281 g/mol. The maximum Gasteiger partial charge on any atom is 0.328 e. The molecular weight excluding hydrogens is 258 g/mol. The number of hydrogen-bond donors (Lipinski definition) is 1. The summed E-state index contributed by atoms with van der Waals surface area (Å²) in [5, 5.41) is 3.05. The van der Waals surface area contributed by atoms with Gasteiger partial charge in [-0.2, -0.15) is 4.98 Å². The van der Waals surface area contributed by atoms with Crippen LogP contribution in [0, 0.1) is 5.92 Å². The van der Waals surface area contributed by atoms with Gasteiger partial charge < -0.3 is 14.8 Å². The van der Waals surface area contributed by atoms with E-state index in [1.165, 1.54) is 7.11 Å². The molecule has 0 saturated carbocycles. The Morgan fingerprint density at radius 3 is 2.75 bits per heavy atom. The SMILES string of the molecule is CCCOc1cncc(NC(CC(C)C)C(=O)OC)n1. The number of nitrogens with zero attached hydrogens (tertiary/aromatic N) is 2. The summed E-state index contributed by atoms with van der Waals surface area (Å²) in [6.07, 6.45) is 4.68. The first-order chi connectivity index (χ1) is 9.56. The zero-order chi connectivity index (χ0) is 15.0. The predicted molar refractivity (Wildman–Crippen MR) is 76.7 cm³/mol. The molecule has 1 heterocycles. The maximum absolute atomic E-state index is 11.7. The highest BCUT2D eigenvalue weighted by Gasteiger charge is 2.21. The summed E-state index contributed by atoms with van der Waals surface area (Å²) in [5.41, 5.74) is 0. The summed E-state index contributed by atoms with van der Waals surface area (Å²) >= 11 is 0. The van der Waals surface area contributed by atoms with Crippen molar-refractivity contribution in [1.82, 2.24) is 9.97 Å². The van der Waals surface area contributed by atoms with Gasteiger partial charge in [0.1, 0.15) is 11.9 Å². The molecule has 1 aromatic heterocycles. The zero-order valence-corrected chi connectivity index (χ0v) is 12.5. The fraction of sp³-hybridized carbons (Fsp3) is 0.643. The van der Waals surface area contributed by atoms with Crippen LogP contribution >= 0.6 is 0 Å². The van der Waals surface area contributed by atoms with E-state index in [0.717, 1.165) is 6.42 Å². The standard InChI is InChI=1S/C14H23N3O3/c1-5-6-20-13-9-15-8-12(17-13)16-11(7-10(2)3)14(18)19-4/h8-11H,5-7H2,1-4H3,(H,16,17).